The molecule has 0 atom stereocenters. The molecule has 2 N–H and O–H groups in total. The second kappa shape index (κ2) is 10.8. The summed E-state index contributed by atoms with van der Waals surface area (Å²) in [6.45, 7) is 5.42. The van der Waals surface area contributed by atoms with E-state index in [-0.39, 0.29) is 0 Å². The molecule has 1 aromatic heterocycles. The zero-order valence-electron chi connectivity index (χ0n) is 11.0. The molecule has 0 unspecified atom stereocenters. The summed E-state index contributed by atoms with van der Waals surface area (Å²) in [6, 6.07) is 0. The number of nitrogens with zero attached hydrogens (tertiary/aromatic N) is 2. The van der Waals surface area contributed by atoms with Gasteiger partial charge in [0, 0.05) is 26.2 Å². The van der Waals surface area contributed by atoms with Crippen LogP contribution in [-0.2, 0) is 11.2 Å². The molecule has 0 radical (unpaired) electrons. The Bertz CT molecular complexity index is 340. The fourth-order valence-corrected chi connectivity index (χ4v) is 1.50. The van der Waals surface area contributed by atoms with Crippen molar-refractivity contribution in [2.75, 3.05) is 26.3 Å². The maximum atomic E-state index is 5.53. The third-order valence-corrected chi connectivity index (χ3v) is 2.43. The third-order valence-electron chi connectivity index (χ3n) is 2.43. The van der Waals surface area contributed by atoms with E-state index < -0.39 is 0 Å². The average molecular weight is 250 g/mol. The van der Waals surface area contributed by atoms with E-state index >= 15 is 0 Å². The lowest BCUT2D eigenvalue weighted by Gasteiger charge is -2.04. The van der Waals surface area contributed by atoms with Gasteiger partial charge >= 0.3 is 0 Å². The molecule has 0 saturated carbocycles. The van der Waals surface area contributed by atoms with Crippen LogP contribution >= 0.6 is 0 Å². The highest BCUT2D eigenvalue weighted by molar-refractivity contribution is 4.95. The second-order valence-corrected chi connectivity index (χ2v) is 3.96. The molecule has 100 valence electrons. The number of hydrogen-bond acceptors (Lipinski definition) is 4. The van der Waals surface area contributed by atoms with Crippen LogP contribution in [0.4, 0.5) is 0 Å². The summed E-state index contributed by atoms with van der Waals surface area (Å²) in [6.07, 6.45) is 5.64. The maximum Gasteiger partial charge on any atom is 0.0825 e. The Labute approximate surface area is 109 Å². The van der Waals surface area contributed by atoms with Crippen molar-refractivity contribution in [3.8, 4) is 11.8 Å². The van der Waals surface area contributed by atoms with Crippen molar-refractivity contribution in [2.45, 2.75) is 32.6 Å². The van der Waals surface area contributed by atoms with Gasteiger partial charge in [0.25, 0.3) is 0 Å². The Hall–Kier alpha value is -1.38. The van der Waals surface area contributed by atoms with Gasteiger partial charge in [0.05, 0.1) is 11.9 Å². The smallest absolute Gasteiger partial charge is 0.0825 e. The minimum Gasteiger partial charge on any atom is -0.381 e. The summed E-state index contributed by atoms with van der Waals surface area (Å²) in [5.74, 6) is 5.90. The Morgan fingerprint density at radius 3 is 3.00 bits per heavy atom. The first-order valence-electron chi connectivity index (χ1n) is 6.46. The molecule has 0 aromatic carbocycles. The summed E-state index contributed by atoms with van der Waals surface area (Å²) in [5, 5.41) is 13.7. The zero-order valence-corrected chi connectivity index (χ0v) is 11.0. The lowest BCUT2D eigenvalue weighted by atomic mass is 10.3. The molecule has 0 saturated heterocycles. The summed E-state index contributed by atoms with van der Waals surface area (Å²) in [5.41, 5.74) is 0.998. The van der Waals surface area contributed by atoms with Crippen molar-refractivity contribution in [3.63, 3.8) is 0 Å². The van der Waals surface area contributed by atoms with E-state index in [1.165, 1.54) is 0 Å². The largest absolute Gasteiger partial charge is 0.381 e. The molecule has 0 bridgehead atoms. The van der Waals surface area contributed by atoms with Gasteiger partial charge in [-0.15, -0.1) is 11.8 Å². The highest BCUT2D eigenvalue weighted by Gasteiger charge is 1.95. The van der Waals surface area contributed by atoms with Gasteiger partial charge in [-0.25, -0.2) is 0 Å². The van der Waals surface area contributed by atoms with E-state index in [4.69, 9.17) is 4.74 Å². The molecule has 0 amide bonds. The number of hydrogen-bond donors (Lipinski definition) is 2. The van der Waals surface area contributed by atoms with E-state index in [0.717, 1.165) is 57.7 Å². The van der Waals surface area contributed by atoms with Crippen molar-refractivity contribution in [1.29, 1.82) is 0 Å². The number of aromatic amines is 1. The summed E-state index contributed by atoms with van der Waals surface area (Å²) in [4.78, 5) is 0. The Morgan fingerprint density at radius 1 is 1.33 bits per heavy atom. The molecule has 0 spiro atoms. The van der Waals surface area contributed by atoms with Gasteiger partial charge in [-0.05, 0) is 32.7 Å². The fraction of sp³-hybridized carbons (Fsp3) is 0.692. The van der Waals surface area contributed by atoms with Gasteiger partial charge in [0.1, 0.15) is 0 Å². The van der Waals surface area contributed by atoms with Crippen molar-refractivity contribution in [1.82, 2.24) is 20.7 Å². The normalized spacial score (nSPS) is 10.1. The van der Waals surface area contributed by atoms with Crippen LogP contribution in [0.15, 0.2) is 6.20 Å². The fourth-order valence-electron chi connectivity index (χ4n) is 1.50. The van der Waals surface area contributed by atoms with E-state index in [1.54, 1.807) is 6.20 Å². The summed E-state index contributed by atoms with van der Waals surface area (Å²) >= 11 is 0. The molecular formula is C13H22N4O. The molecule has 0 fully saturated rings. The first-order chi connectivity index (χ1) is 8.93. The molecule has 0 aliphatic heterocycles. The predicted molar refractivity (Wildman–Crippen MR) is 71.1 cm³/mol. The molecule has 5 nitrogen and oxygen atoms in total. The van der Waals surface area contributed by atoms with Gasteiger partial charge in [-0.2, -0.15) is 15.4 Å². The van der Waals surface area contributed by atoms with Crippen LogP contribution < -0.4 is 5.32 Å². The zero-order chi connectivity index (χ0) is 12.9. The van der Waals surface area contributed by atoms with Crippen LogP contribution in [0.25, 0.3) is 0 Å². The van der Waals surface area contributed by atoms with Crippen LogP contribution in [0.5, 0.6) is 0 Å². The average Bonchev–Trinajstić information content (AvgIpc) is 2.89. The maximum absolute atomic E-state index is 5.53. The number of ether oxygens (including phenoxy) is 1. The quantitative estimate of drug-likeness (QED) is 0.483. The first kappa shape index (κ1) is 14.7. The summed E-state index contributed by atoms with van der Waals surface area (Å²) in [7, 11) is 0. The minimum absolute atomic E-state index is 0.786. The molecule has 1 rings (SSSR count). The monoisotopic (exact) mass is 250 g/mol. The van der Waals surface area contributed by atoms with E-state index in [2.05, 4.69) is 32.6 Å². The van der Waals surface area contributed by atoms with Crippen LogP contribution in [0.1, 0.15) is 31.9 Å². The second-order valence-electron chi connectivity index (χ2n) is 3.96. The molecule has 18 heavy (non-hydrogen) atoms. The Morgan fingerprint density at radius 2 is 2.22 bits per heavy atom. The highest BCUT2D eigenvalue weighted by atomic mass is 16.5. The third kappa shape index (κ3) is 7.82. The molecule has 1 aromatic rings. The van der Waals surface area contributed by atoms with Gasteiger partial charge in [-0.1, -0.05) is 0 Å². The predicted octanol–water partition coefficient (Wildman–Crippen LogP) is 1.15. The number of aryl methyl sites for hydroxylation is 1. The van der Waals surface area contributed by atoms with Gasteiger partial charge < -0.3 is 10.1 Å². The van der Waals surface area contributed by atoms with Crippen molar-refractivity contribution >= 4 is 0 Å². The molecule has 5 heteroatoms. The van der Waals surface area contributed by atoms with Crippen molar-refractivity contribution < 1.29 is 4.74 Å². The topological polar surface area (TPSA) is 62.8 Å². The van der Waals surface area contributed by atoms with Crippen LogP contribution in [-0.4, -0.2) is 41.7 Å². The highest BCUT2D eigenvalue weighted by Crippen LogP contribution is 1.96. The SMILES string of the molecule is CC#CCCNCCCOCCCc1cn[nH]n1. The van der Waals surface area contributed by atoms with Crippen molar-refractivity contribution in [3.05, 3.63) is 11.9 Å². The van der Waals surface area contributed by atoms with Crippen molar-refractivity contribution in [2.24, 2.45) is 0 Å². The van der Waals surface area contributed by atoms with Gasteiger partial charge in [0.2, 0.25) is 0 Å². The minimum atomic E-state index is 0.786. The molecule has 1 heterocycles. The first-order valence-corrected chi connectivity index (χ1v) is 6.46. The van der Waals surface area contributed by atoms with E-state index in [1.807, 2.05) is 6.92 Å². The number of rotatable bonds is 10. The molecule has 0 aliphatic rings. The summed E-state index contributed by atoms with van der Waals surface area (Å²) < 4.78 is 5.53. The lowest BCUT2D eigenvalue weighted by Crippen LogP contribution is -2.17. The van der Waals surface area contributed by atoms with E-state index in [9.17, 15) is 0 Å². The number of nitrogens with one attached hydrogen (secondary N) is 2. The van der Waals surface area contributed by atoms with E-state index in [0.29, 0.717) is 0 Å². The van der Waals surface area contributed by atoms with Crippen LogP contribution in [0.2, 0.25) is 0 Å². The lowest BCUT2D eigenvalue weighted by molar-refractivity contribution is 0.129. The van der Waals surface area contributed by atoms with Gasteiger partial charge in [-0.3, -0.25) is 0 Å². The molecule has 0 aliphatic carbocycles. The van der Waals surface area contributed by atoms with Crippen LogP contribution in [0, 0.1) is 11.8 Å². The number of aromatic nitrogens is 3. The van der Waals surface area contributed by atoms with Crippen LogP contribution in [0.3, 0.4) is 0 Å². The number of H-pyrrole nitrogens is 1. The molecular weight excluding hydrogens is 228 g/mol. The Balaban J connectivity index is 1.77. The van der Waals surface area contributed by atoms with Gasteiger partial charge in [0.15, 0.2) is 0 Å². The Kier molecular flexibility index (Phi) is 8.77. The standard InChI is InChI=1S/C13H22N4O/c1-2-3-4-8-14-9-6-11-18-10-5-7-13-12-15-17-16-13/h12,14H,4-11H2,1H3,(H,15,16,17).